The van der Waals surface area contributed by atoms with E-state index in [1.807, 2.05) is 12.1 Å². The Kier molecular flexibility index (Phi) is 4.13. The second-order valence-corrected chi connectivity index (χ2v) is 4.82. The van der Waals surface area contributed by atoms with Gasteiger partial charge in [0.15, 0.2) is 0 Å². The first kappa shape index (κ1) is 12.5. The highest BCUT2D eigenvalue weighted by atomic mass is 19.1. The molecule has 1 aliphatic rings. The smallest absolute Gasteiger partial charge is 0.123 e. The lowest BCUT2D eigenvalue weighted by molar-refractivity contribution is 0.223. The molecule has 0 saturated heterocycles. The lowest BCUT2D eigenvalue weighted by Gasteiger charge is -2.24. The summed E-state index contributed by atoms with van der Waals surface area (Å²) in [6.07, 6.45) is 3.34. The molecule has 0 aromatic heterocycles. The van der Waals surface area contributed by atoms with E-state index in [9.17, 15) is 9.50 Å². The van der Waals surface area contributed by atoms with Gasteiger partial charge in [0, 0.05) is 12.1 Å². The molecule has 0 heterocycles. The van der Waals surface area contributed by atoms with Gasteiger partial charge in [0.25, 0.3) is 0 Å². The minimum atomic E-state index is -0.197. The van der Waals surface area contributed by atoms with Crippen LogP contribution >= 0.6 is 0 Å². The molecular weight excluding hydrogens is 217 g/mol. The van der Waals surface area contributed by atoms with Crippen molar-refractivity contribution in [2.24, 2.45) is 5.92 Å². The average Bonchev–Trinajstić information content (AvgIpc) is 3.17. The van der Waals surface area contributed by atoms with E-state index in [1.165, 1.54) is 25.0 Å². The molecule has 1 aromatic rings. The van der Waals surface area contributed by atoms with Crippen molar-refractivity contribution in [1.29, 1.82) is 0 Å². The Bertz CT molecular complexity index is 344. The normalized spacial score (nSPS) is 19.0. The minimum absolute atomic E-state index is 0.130. The van der Waals surface area contributed by atoms with Crippen molar-refractivity contribution in [2.75, 3.05) is 6.61 Å². The molecule has 1 saturated carbocycles. The third kappa shape index (κ3) is 3.27. The zero-order valence-corrected chi connectivity index (χ0v) is 10.2. The first-order valence-corrected chi connectivity index (χ1v) is 6.37. The van der Waals surface area contributed by atoms with Crippen molar-refractivity contribution in [3.05, 3.63) is 35.6 Å². The van der Waals surface area contributed by atoms with Crippen LogP contribution in [0.2, 0.25) is 0 Å². The van der Waals surface area contributed by atoms with Crippen molar-refractivity contribution < 1.29 is 9.50 Å². The number of aliphatic hydroxyl groups is 1. The summed E-state index contributed by atoms with van der Waals surface area (Å²) in [7, 11) is 0. The van der Waals surface area contributed by atoms with Gasteiger partial charge in [-0.15, -0.1) is 0 Å². The fourth-order valence-corrected chi connectivity index (χ4v) is 2.16. The lowest BCUT2D eigenvalue weighted by Crippen LogP contribution is -2.36. The minimum Gasteiger partial charge on any atom is -0.395 e. The van der Waals surface area contributed by atoms with Crippen LogP contribution in [0.15, 0.2) is 24.3 Å². The number of nitrogens with one attached hydrogen (secondary N) is 1. The largest absolute Gasteiger partial charge is 0.395 e. The number of aliphatic hydroxyl groups excluding tert-OH is 1. The van der Waals surface area contributed by atoms with E-state index in [0.717, 1.165) is 12.0 Å². The summed E-state index contributed by atoms with van der Waals surface area (Å²) >= 11 is 0. The van der Waals surface area contributed by atoms with E-state index in [2.05, 4.69) is 12.2 Å². The van der Waals surface area contributed by atoms with Crippen LogP contribution < -0.4 is 5.32 Å². The second-order valence-electron chi connectivity index (χ2n) is 4.82. The maximum Gasteiger partial charge on any atom is 0.123 e. The number of rotatable bonds is 6. The Morgan fingerprint density at radius 3 is 2.47 bits per heavy atom. The number of hydrogen-bond acceptors (Lipinski definition) is 2. The van der Waals surface area contributed by atoms with Crippen molar-refractivity contribution in [3.8, 4) is 0 Å². The molecule has 2 rings (SSSR count). The van der Waals surface area contributed by atoms with E-state index in [-0.39, 0.29) is 24.5 Å². The van der Waals surface area contributed by atoms with Crippen molar-refractivity contribution in [3.63, 3.8) is 0 Å². The Labute approximate surface area is 102 Å². The van der Waals surface area contributed by atoms with Gasteiger partial charge in [-0.3, -0.25) is 0 Å². The lowest BCUT2D eigenvalue weighted by atomic mass is 10.0. The molecule has 0 bridgehead atoms. The molecule has 1 aromatic carbocycles. The van der Waals surface area contributed by atoms with Crippen LogP contribution in [0, 0.1) is 11.7 Å². The van der Waals surface area contributed by atoms with E-state index in [4.69, 9.17) is 0 Å². The van der Waals surface area contributed by atoms with Crippen LogP contribution in [0.1, 0.15) is 37.8 Å². The Hall–Kier alpha value is -0.930. The maximum absolute atomic E-state index is 12.9. The first-order valence-electron chi connectivity index (χ1n) is 6.37. The SMILES string of the molecule is CC[C@@H](CO)NC(c1ccc(F)cc1)C1CC1. The van der Waals surface area contributed by atoms with Gasteiger partial charge in [-0.05, 0) is 42.9 Å². The molecule has 94 valence electrons. The predicted molar refractivity (Wildman–Crippen MR) is 66.2 cm³/mol. The van der Waals surface area contributed by atoms with Gasteiger partial charge in [0.1, 0.15) is 5.82 Å². The summed E-state index contributed by atoms with van der Waals surface area (Å²) in [5, 5.41) is 12.7. The molecule has 2 nitrogen and oxygen atoms in total. The van der Waals surface area contributed by atoms with Crippen molar-refractivity contribution in [2.45, 2.75) is 38.3 Å². The highest BCUT2D eigenvalue weighted by molar-refractivity contribution is 5.22. The predicted octanol–water partition coefficient (Wildman–Crippen LogP) is 2.64. The summed E-state index contributed by atoms with van der Waals surface area (Å²) in [5.41, 5.74) is 1.13. The Morgan fingerprint density at radius 2 is 2.00 bits per heavy atom. The summed E-state index contributed by atoms with van der Waals surface area (Å²) in [5.74, 6) is 0.443. The molecule has 0 amide bonds. The van der Waals surface area contributed by atoms with Crippen LogP contribution in [0.4, 0.5) is 4.39 Å². The van der Waals surface area contributed by atoms with Crippen LogP contribution in [0.5, 0.6) is 0 Å². The molecule has 0 spiro atoms. The highest BCUT2D eigenvalue weighted by Crippen LogP contribution is 2.41. The highest BCUT2D eigenvalue weighted by Gasteiger charge is 2.33. The molecule has 17 heavy (non-hydrogen) atoms. The zero-order chi connectivity index (χ0) is 12.3. The number of benzene rings is 1. The van der Waals surface area contributed by atoms with Gasteiger partial charge >= 0.3 is 0 Å². The Balaban J connectivity index is 2.08. The van der Waals surface area contributed by atoms with Gasteiger partial charge in [0.2, 0.25) is 0 Å². The number of halogens is 1. The van der Waals surface area contributed by atoms with Crippen molar-refractivity contribution in [1.82, 2.24) is 5.32 Å². The van der Waals surface area contributed by atoms with Crippen LogP contribution in [0.25, 0.3) is 0 Å². The van der Waals surface area contributed by atoms with E-state index in [1.54, 1.807) is 0 Å². The third-order valence-electron chi connectivity index (χ3n) is 3.45. The summed E-state index contributed by atoms with van der Waals surface area (Å²) in [4.78, 5) is 0. The topological polar surface area (TPSA) is 32.3 Å². The molecule has 1 fully saturated rings. The molecule has 2 N–H and O–H groups in total. The van der Waals surface area contributed by atoms with Crippen LogP contribution in [-0.2, 0) is 0 Å². The standard InChI is InChI=1S/C14H20FNO/c1-2-13(9-17)16-14(10-3-4-10)11-5-7-12(15)8-6-11/h5-8,10,13-14,16-17H,2-4,9H2,1H3/t13-,14?/m0/s1. The van der Waals surface area contributed by atoms with Crippen molar-refractivity contribution >= 4 is 0 Å². The molecule has 0 aliphatic heterocycles. The van der Waals surface area contributed by atoms with Crippen LogP contribution in [0.3, 0.4) is 0 Å². The fraction of sp³-hybridized carbons (Fsp3) is 0.571. The summed E-state index contributed by atoms with van der Waals surface area (Å²) in [6, 6.07) is 7.09. The molecule has 3 heteroatoms. The second kappa shape index (κ2) is 5.61. The van der Waals surface area contributed by atoms with E-state index < -0.39 is 0 Å². The quantitative estimate of drug-likeness (QED) is 0.797. The molecular formula is C14H20FNO. The third-order valence-corrected chi connectivity index (χ3v) is 3.45. The van der Waals surface area contributed by atoms with Crippen LogP contribution in [-0.4, -0.2) is 17.8 Å². The fourth-order valence-electron chi connectivity index (χ4n) is 2.16. The molecule has 0 radical (unpaired) electrons. The molecule has 2 atom stereocenters. The van der Waals surface area contributed by atoms with Gasteiger partial charge in [-0.25, -0.2) is 4.39 Å². The zero-order valence-electron chi connectivity index (χ0n) is 10.2. The maximum atomic E-state index is 12.9. The monoisotopic (exact) mass is 237 g/mol. The Morgan fingerprint density at radius 1 is 1.35 bits per heavy atom. The molecule has 1 aliphatic carbocycles. The van der Waals surface area contributed by atoms with Gasteiger partial charge < -0.3 is 10.4 Å². The van der Waals surface area contributed by atoms with E-state index in [0.29, 0.717) is 5.92 Å². The number of hydrogen-bond donors (Lipinski definition) is 2. The summed E-state index contributed by atoms with van der Waals surface area (Å²) in [6.45, 7) is 2.21. The van der Waals surface area contributed by atoms with E-state index >= 15 is 0 Å². The van der Waals surface area contributed by atoms with Gasteiger partial charge in [0.05, 0.1) is 6.61 Å². The van der Waals surface area contributed by atoms with Gasteiger partial charge in [-0.1, -0.05) is 19.1 Å². The van der Waals surface area contributed by atoms with Gasteiger partial charge in [-0.2, -0.15) is 0 Å². The first-order chi connectivity index (χ1) is 8.24. The average molecular weight is 237 g/mol. The summed E-state index contributed by atoms with van der Waals surface area (Å²) < 4.78 is 12.9. The molecule has 1 unspecified atom stereocenters.